The van der Waals surface area contributed by atoms with Crippen molar-refractivity contribution in [2.24, 2.45) is 0 Å². The summed E-state index contributed by atoms with van der Waals surface area (Å²) in [6.45, 7) is 0. The van der Waals surface area contributed by atoms with Gasteiger partial charge in [-0.3, -0.25) is 14.5 Å². The maximum absolute atomic E-state index is 11.6. The maximum Gasteiger partial charge on any atom is 0.263 e. The average Bonchev–Trinajstić information content (AvgIpc) is 2.40. The molecule has 1 aromatic rings. The zero-order chi connectivity index (χ0) is 11.3. The number of nitrogens with two attached hydrogens (primary N) is 2. The quantitative estimate of drug-likeness (QED) is 0.309. The largest absolute Gasteiger partial charge is 0.504 e. The zero-order valence-corrected chi connectivity index (χ0v) is 7.94. The lowest BCUT2D eigenvalue weighted by Crippen LogP contribution is -2.24. The molecule has 0 atom stereocenters. The minimum absolute atomic E-state index is 0.0114. The summed E-state index contributed by atoms with van der Waals surface area (Å²) in [5.41, 5.74) is 11.0. The first-order valence-electron chi connectivity index (χ1n) is 4.18. The van der Waals surface area contributed by atoms with Gasteiger partial charge in [-0.15, -0.1) is 0 Å². The van der Waals surface area contributed by atoms with Crippen molar-refractivity contribution in [2.45, 2.75) is 0 Å². The topological polar surface area (TPSA) is 110 Å². The Labute approximate surface area is 85.1 Å². The van der Waals surface area contributed by atoms with E-state index in [4.69, 9.17) is 11.5 Å². The van der Waals surface area contributed by atoms with Gasteiger partial charge < -0.3 is 16.6 Å². The van der Waals surface area contributed by atoms with E-state index < -0.39 is 11.8 Å². The molecule has 2 rings (SSSR count). The lowest BCUT2D eigenvalue weighted by atomic mass is 10.1. The number of nitrogen functional groups attached to an aromatic ring is 2. The van der Waals surface area contributed by atoms with Crippen molar-refractivity contribution in [1.29, 1.82) is 0 Å². The van der Waals surface area contributed by atoms with Crippen molar-refractivity contribution in [3.05, 3.63) is 17.2 Å². The van der Waals surface area contributed by atoms with Crippen LogP contribution in [0.3, 0.4) is 0 Å². The van der Waals surface area contributed by atoms with Gasteiger partial charge >= 0.3 is 0 Å². The Bertz CT molecular complexity index is 496. The van der Waals surface area contributed by atoms with Crippen LogP contribution in [0.1, 0.15) is 20.7 Å². The maximum atomic E-state index is 11.6. The van der Waals surface area contributed by atoms with Gasteiger partial charge in [-0.05, 0) is 6.07 Å². The molecule has 0 unspecified atom stereocenters. The highest BCUT2D eigenvalue weighted by atomic mass is 16.3. The molecule has 78 valence electrons. The Morgan fingerprint density at radius 3 is 2.47 bits per heavy atom. The molecule has 0 radical (unpaired) electrons. The van der Waals surface area contributed by atoms with Gasteiger partial charge in [0.25, 0.3) is 11.8 Å². The van der Waals surface area contributed by atoms with E-state index in [2.05, 4.69) is 0 Å². The summed E-state index contributed by atoms with van der Waals surface area (Å²) < 4.78 is 0. The molecule has 1 aliphatic heterocycles. The lowest BCUT2D eigenvalue weighted by Gasteiger charge is -2.05. The zero-order valence-electron chi connectivity index (χ0n) is 7.94. The number of carbonyl (C=O) groups excluding carboxylic acids is 2. The molecule has 0 bridgehead atoms. The highest BCUT2D eigenvalue weighted by Gasteiger charge is 2.36. The van der Waals surface area contributed by atoms with Crippen LogP contribution in [0.5, 0.6) is 5.75 Å². The Balaban J connectivity index is 2.81. The number of phenols is 1. The molecule has 6 heteroatoms. The second-order valence-electron chi connectivity index (χ2n) is 3.32. The molecule has 15 heavy (non-hydrogen) atoms. The van der Waals surface area contributed by atoms with Crippen LogP contribution in [0, 0.1) is 0 Å². The standard InChI is InChI=1S/C9H9N3O3/c1-12-8(14)3-2-4(10)7(13)6(11)5(3)9(12)15/h2,13H,10-11H2,1H3. The van der Waals surface area contributed by atoms with Crippen LogP contribution >= 0.6 is 0 Å². The first-order chi connectivity index (χ1) is 6.95. The van der Waals surface area contributed by atoms with Crippen LogP contribution in [0.25, 0.3) is 0 Å². The fourth-order valence-electron chi connectivity index (χ4n) is 1.55. The summed E-state index contributed by atoms with van der Waals surface area (Å²) in [4.78, 5) is 24.0. The molecule has 0 aliphatic carbocycles. The van der Waals surface area contributed by atoms with Crippen molar-refractivity contribution in [3.63, 3.8) is 0 Å². The van der Waals surface area contributed by atoms with E-state index in [1.165, 1.54) is 13.1 Å². The van der Waals surface area contributed by atoms with E-state index >= 15 is 0 Å². The number of rotatable bonds is 0. The van der Waals surface area contributed by atoms with Gasteiger partial charge in [0.05, 0.1) is 22.5 Å². The van der Waals surface area contributed by atoms with Gasteiger partial charge in [0.1, 0.15) is 0 Å². The molecule has 1 aromatic carbocycles. The highest BCUT2D eigenvalue weighted by Crippen LogP contribution is 2.37. The molecule has 1 aliphatic rings. The van der Waals surface area contributed by atoms with Crippen LogP contribution in [0.4, 0.5) is 11.4 Å². The number of anilines is 2. The second kappa shape index (κ2) is 2.63. The summed E-state index contributed by atoms with van der Waals surface area (Å²) in [6, 6.07) is 1.25. The van der Waals surface area contributed by atoms with Gasteiger partial charge in [0.2, 0.25) is 0 Å². The smallest absolute Gasteiger partial charge is 0.263 e. The summed E-state index contributed by atoms with van der Waals surface area (Å²) in [6.07, 6.45) is 0. The van der Waals surface area contributed by atoms with Crippen molar-refractivity contribution in [3.8, 4) is 5.75 Å². The summed E-state index contributed by atoms with van der Waals surface area (Å²) in [5.74, 6) is -1.35. The molecular weight excluding hydrogens is 198 g/mol. The molecule has 0 saturated heterocycles. The van der Waals surface area contributed by atoms with Crippen LogP contribution in [-0.4, -0.2) is 28.9 Å². The minimum Gasteiger partial charge on any atom is -0.504 e. The fraction of sp³-hybridized carbons (Fsp3) is 0.111. The first-order valence-corrected chi connectivity index (χ1v) is 4.18. The van der Waals surface area contributed by atoms with E-state index in [9.17, 15) is 14.7 Å². The Morgan fingerprint density at radius 2 is 1.87 bits per heavy atom. The highest BCUT2D eigenvalue weighted by molar-refractivity contribution is 6.24. The van der Waals surface area contributed by atoms with E-state index in [1.54, 1.807) is 0 Å². The number of aromatic hydroxyl groups is 1. The third-order valence-electron chi connectivity index (χ3n) is 2.42. The molecule has 5 N–H and O–H groups in total. The number of benzene rings is 1. The van der Waals surface area contributed by atoms with Gasteiger partial charge in [0.15, 0.2) is 5.75 Å². The molecule has 2 amide bonds. The fourth-order valence-corrected chi connectivity index (χ4v) is 1.55. The van der Waals surface area contributed by atoms with Crippen LogP contribution in [0.2, 0.25) is 0 Å². The normalized spacial score (nSPS) is 14.6. The average molecular weight is 207 g/mol. The SMILES string of the molecule is CN1C(=O)c2cc(N)c(O)c(N)c2C1=O. The van der Waals surface area contributed by atoms with Gasteiger partial charge in [-0.25, -0.2) is 0 Å². The summed E-state index contributed by atoms with van der Waals surface area (Å²) >= 11 is 0. The Kier molecular flexibility index (Phi) is 1.63. The predicted octanol–water partition coefficient (Wildman–Crippen LogP) is -0.218. The molecule has 6 nitrogen and oxygen atoms in total. The predicted molar refractivity (Wildman–Crippen MR) is 53.4 cm³/mol. The number of hydrogen-bond acceptors (Lipinski definition) is 5. The Morgan fingerprint density at radius 1 is 1.27 bits per heavy atom. The lowest BCUT2D eigenvalue weighted by molar-refractivity contribution is 0.0693. The third-order valence-corrected chi connectivity index (χ3v) is 2.42. The molecule has 1 heterocycles. The number of phenolic OH excluding ortho intramolecular Hbond substituents is 1. The van der Waals surface area contributed by atoms with Crippen LogP contribution < -0.4 is 11.5 Å². The van der Waals surface area contributed by atoms with E-state index in [1.807, 2.05) is 0 Å². The molecule has 0 saturated carbocycles. The van der Waals surface area contributed by atoms with Crippen molar-refractivity contribution >= 4 is 23.2 Å². The molecule has 0 spiro atoms. The van der Waals surface area contributed by atoms with Crippen molar-refractivity contribution in [1.82, 2.24) is 4.90 Å². The number of hydrogen-bond donors (Lipinski definition) is 3. The number of nitrogens with zero attached hydrogens (tertiary/aromatic N) is 1. The van der Waals surface area contributed by atoms with Gasteiger partial charge in [-0.2, -0.15) is 0 Å². The molecule has 0 aromatic heterocycles. The first kappa shape index (κ1) is 9.32. The van der Waals surface area contributed by atoms with E-state index in [-0.39, 0.29) is 28.3 Å². The summed E-state index contributed by atoms with van der Waals surface area (Å²) in [7, 11) is 1.34. The van der Waals surface area contributed by atoms with E-state index in [0.717, 1.165) is 4.90 Å². The second-order valence-corrected chi connectivity index (χ2v) is 3.32. The van der Waals surface area contributed by atoms with Crippen molar-refractivity contribution < 1.29 is 14.7 Å². The van der Waals surface area contributed by atoms with Gasteiger partial charge in [0, 0.05) is 7.05 Å². The number of amides is 2. The van der Waals surface area contributed by atoms with Gasteiger partial charge in [-0.1, -0.05) is 0 Å². The van der Waals surface area contributed by atoms with Crippen LogP contribution in [-0.2, 0) is 0 Å². The number of fused-ring (bicyclic) bond motifs is 1. The third kappa shape index (κ3) is 0.983. The number of imide groups is 1. The summed E-state index contributed by atoms with van der Waals surface area (Å²) in [5, 5.41) is 9.43. The monoisotopic (exact) mass is 207 g/mol. The van der Waals surface area contributed by atoms with Crippen molar-refractivity contribution in [2.75, 3.05) is 18.5 Å². The number of carbonyl (C=O) groups is 2. The van der Waals surface area contributed by atoms with Crippen LogP contribution in [0.15, 0.2) is 6.07 Å². The Hall–Kier alpha value is -2.24. The molecular formula is C9H9N3O3. The van der Waals surface area contributed by atoms with E-state index in [0.29, 0.717) is 0 Å². The molecule has 0 fully saturated rings. The minimum atomic E-state index is -0.525.